The maximum Gasteiger partial charge on any atom is 0.417 e. The van der Waals surface area contributed by atoms with Crippen LogP contribution in [0.5, 0.6) is 0 Å². The van der Waals surface area contributed by atoms with Crippen LogP contribution in [0.15, 0.2) is 47.5 Å². The Kier molecular flexibility index (Phi) is 9.26. The fourth-order valence-corrected chi connectivity index (χ4v) is 6.44. The van der Waals surface area contributed by atoms with Crippen LogP contribution in [0.3, 0.4) is 0 Å². The average Bonchev–Trinajstić information content (AvgIpc) is 3.67. The van der Waals surface area contributed by atoms with Crippen molar-refractivity contribution in [1.82, 2.24) is 0 Å². The van der Waals surface area contributed by atoms with Crippen LogP contribution in [0.2, 0.25) is 0 Å². The van der Waals surface area contributed by atoms with Gasteiger partial charge in [0.1, 0.15) is 59.7 Å². The summed E-state index contributed by atoms with van der Waals surface area (Å²) in [5.74, 6) is 0. The van der Waals surface area contributed by atoms with Gasteiger partial charge < -0.3 is 0 Å². The number of hydrogen-bond donors (Lipinski definition) is 0. The predicted molar refractivity (Wildman–Crippen MR) is 170 cm³/mol. The van der Waals surface area contributed by atoms with Gasteiger partial charge in [0.2, 0.25) is 0 Å². The molecule has 56 heavy (non-hydrogen) atoms. The maximum atomic E-state index is 14.0. The van der Waals surface area contributed by atoms with E-state index in [0.717, 1.165) is 6.07 Å². The normalized spacial score (nSPS) is 13.1. The van der Waals surface area contributed by atoms with Gasteiger partial charge in [0.05, 0.1) is 50.6 Å². The van der Waals surface area contributed by atoms with E-state index in [0.29, 0.717) is 12.1 Å². The Morgan fingerprint density at radius 2 is 0.839 bits per heavy atom. The molecule has 0 spiro atoms. The van der Waals surface area contributed by atoms with E-state index in [-0.39, 0.29) is 18.2 Å². The van der Waals surface area contributed by atoms with Gasteiger partial charge in [0.15, 0.2) is 0 Å². The molecule has 18 heteroatoms. The summed E-state index contributed by atoms with van der Waals surface area (Å²) in [6.07, 6.45) is -16.0. The first-order valence-corrected chi connectivity index (χ1v) is 14.7. The molecular formula is C38H6F9N9. The lowest BCUT2D eigenvalue weighted by atomic mass is 9.82. The number of halogens is 9. The molecule has 266 valence electrons. The van der Waals surface area contributed by atoms with E-state index in [4.69, 9.17) is 0 Å². The molecule has 3 aromatic rings. The van der Waals surface area contributed by atoms with Gasteiger partial charge in [0, 0.05) is 44.5 Å². The minimum absolute atomic E-state index is 0.164. The number of hydrogen-bond acceptors (Lipinski definition) is 9. The highest BCUT2D eigenvalue weighted by atomic mass is 19.4. The third kappa shape index (κ3) is 5.78. The summed E-state index contributed by atoms with van der Waals surface area (Å²) in [6.45, 7) is 0. The molecular weight excluding hydrogens is 753 g/mol. The van der Waals surface area contributed by atoms with Crippen molar-refractivity contribution in [2.75, 3.05) is 0 Å². The summed E-state index contributed by atoms with van der Waals surface area (Å²) in [4.78, 5) is 0. The SMILES string of the molecule is N#CC(C#N)=C1C(c2cc(C(F)(F)F)cc(C(F)(F)F)c2)=C(C#N)c2c(C#N)c3c(c(C#N)c21)C(=C(C#N)C#N)C(c1ccc(C(F)(F)F)c(C#N)c1)=C3C#N. The zero-order valence-electron chi connectivity index (χ0n) is 26.9. The number of nitrogens with zero attached hydrogens (tertiary/aromatic N) is 9. The van der Waals surface area contributed by atoms with Gasteiger partial charge in [-0.2, -0.15) is 86.9 Å². The molecule has 0 radical (unpaired) electrons. The highest BCUT2D eigenvalue weighted by Crippen LogP contribution is 2.58. The van der Waals surface area contributed by atoms with Gasteiger partial charge in [-0.1, -0.05) is 6.07 Å². The Morgan fingerprint density at radius 3 is 1.18 bits per heavy atom. The first kappa shape index (κ1) is 38.6. The third-order valence-electron chi connectivity index (χ3n) is 8.50. The van der Waals surface area contributed by atoms with Gasteiger partial charge in [-0.3, -0.25) is 0 Å². The van der Waals surface area contributed by atoms with Gasteiger partial charge in [-0.25, -0.2) is 0 Å². The molecule has 0 bridgehead atoms. The van der Waals surface area contributed by atoms with Crippen LogP contribution in [0.4, 0.5) is 39.5 Å². The summed E-state index contributed by atoms with van der Waals surface area (Å²) in [6, 6.07) is 15.6. The molecule has 0 fully saturated rings. The zero-order valence-corrected chi connectivity index (χ0v) is 26.9. The largest absolute Gasteiger partial charge is 0.417 e. The van der Waals surface area contributed by atoms with Crippen molar-refractivity contribution < 1.29 is 39.5 Å². The van der Waals surface area contributed by atoms with Crippen LogP contribution in [0.25, 0.3) is 33.4 Å². The van der Waals surface area contributed by atoms with Crippen LogP contribution in [0, 0.1) is 102 Å². The van der Waals surface area contributed by atoms with Crippen molar-refractivity contribution >= 4 is 33.4 Å². The summed E-state index contributed by atoms with van der Waals surface area (Å²) >= 11 is 0. The fourth-order valence-electron chi connectivity index (χ4n) is 6.44. The third-order valence-corrected chi connectivity index (χ3v) is 8.50. The number of alkyl halides is 9. The summed E-state index contributed by atoms with van der Waals surface area (Å²) in [5.41, 5.74) is -19.1. The lowest BCUT2D eigenvalue weighted by molar-refractivity contribution is -0.143. The first-order valence-electron chi connectivity index (χ1n) is 14.7. The smallest absolute Gasteiger partial charge is 0.192 e. The summed E-state index contributed by atoms with van der Waals surface area (Å²) in [7, 11) is 0. The average molecular weight is 760 g/mol. The minimum Gasteiger partial charge on any atom is -0.192 e. The van der Waals surface area contributed by atoms with Crippen LogP contribution < -0.4 is 0 Å². The Bertz CT molecular complexity index is 2840. The molecule has 0 heterocycles. The Balaban J connectivity index is 2.11. The van der Waals surface area contributed by atoms with Crippen molar-refractivity contribution in [2.45, 2.75) is 18.5 Å². The van der Waals surface area contributed by atoms with E-state index < -0.39 is 130 Å². The summed E-state index contributed by atoms with van der Waals surface area (Å²) in [5, 5.41) is 91.9. The first-order chi connectivity index (χ1) is 26.3. The second-order valence-corrected chi connectivity index (χ2v) is 11.3. The molecule has 2 aliphatic carbocycles. The molecule has 0 atom stereocenters. The molecule has 9 nitrogen and oxygen atoms in total. The molecule has 3 aromatic carbocycles. The molecule has 0 aliphatic heterocycles. The number of nitriles is 9. The standard InChI is InChI=1S/C38H6F9N9/c39-36(40,41)21-4-17(5-22(6-21)37(42,43)44)29-24(13-54)33-25(14-55)32-23(12-53)28(16-1-2-27(38(45,46)47)18(3-16)7-48)30(19(8-49)9-50)34(32)26(15-56)35(33)31(29)20(10-51)11-52/h1-6H. The Labute approximate surface area is 307 Å². The molecule has 0 saturated heterocycles. The van der Waals surface area contributed by atoms with Crippen molar-refractivity contribution in [3.63, 3.8) is 0 Å². The number of rotatable bonds is 2. The molecule has 2 aliphatic rings. The number of allylic oxidation sites excluding steroid dienone is 8. The lowest BCUT2D eigenvalue weighted by Crippen LogP contribution is -2.12. The van der Waals surface area contributed by atoms with E-state index in [9.17, 15) is 86.9 Å². The Morgan fingerprint density at radius 1 is 0.429 bits per heavy atom. The number of benzene rings is 3. The van der Waals surface area contributed by atoms with Crippen molar-refractivity contribution in [3.8, 4) is 54.6 Å². The molecule has 5 rings (SSSR count). The summed E-state index contributed by atoms with van der Waals surface area (Å²) < 4.78 is 125. The topological polar surface area (TPSA) is 214 Å². The minimum atomic E-state index is -5.44. The van der Waals surface area contributed by atoms with Crippen molar-refractivity contribution in [2.24, 2.45) is 0 Å². The van der Waals surface area contributed by atoms with Crippen molar-refractivity contribution in [1.29, 1.82) is 47.4 Å². The maximum absolute atomic E-state index is 14.0. The molecule has 0 saturated carbocycles. The van der Waals surface area contributed by atoms with E-state index in [1.54, 1.807) is 24.3 Å². The number of fused-ring (bicyclic) bond motifs is 2. The van der Waals surface area contributed by atoms with E-state index in [1.165, 1.54) is 30.3 Å². The molecule has 0 amide bonds. The van der Waals surface area contributed by atoms with E-state index in [2.05, 4.69) is 0 Å². The highest BCUT2D eigenvalue weighted by molar-refractivity contribution is 6.32. The van der Waals surface area contributed by atoms with Gasteiger partial charge in [-0.05, 0) is 41.5 Å². The Hall–Kier alpha value is -8.60. The fraction of sp³-hybridized carbons (Fsp3) is 0.0789. The second-order valence-electron chi connectivity index (χ2n) is 11.3. The van der Waals surface area contributed by atoms with Gasteiger partial charge in [0.25, 0.3) is 0 Å². The zero-order chi connectivity index (χ0) is 41.7. The predicted octanol–water partition coefficient (Wildman–Crippen LogP) is 8.86. The van der Waals surface area contributed by atoms with Gasteiger partial charge in [-0.15, -0.1) is 0 Å². The van der Waals surface area contributed by atoms with Crippen LogP contribution in [0.1, 0.15) is 66.8 Å². The molecule has 0 aromatic heterocycles. The highest BCUT2D eigenvalue weighted by Gasteiger charge is 2.45. The van der Waals surface area contributed by atoms with E-state index >= 15 is 0 Å². The van der Waals surface area contributed by atoms with Crippen LogP contribution >= 0.6 is 0 Å². The van der Waals surface area contributed by atoms with Crippen LogP contribution in [-0.4, -0.2) is 0 Å². The molecule has 0 unspecified atom stereocenters. The van der Waals surface area contributed by atoms with Gasteiger partial charge >= 0.3 is 18.5 Å². The lowest BCUT2D eigenvalue weighted by Gasteiger charge is -2.17. The van der Waals surface area contributed by atoms with E-state index in [1.807, 2.05) is 0 Å². The monoisotopic (exact) mass is 759 g/mol. The van der Waals surface area contributed by atoms with Crippen LogP contribution in [-0.2, 0) is 18.5 Å². The molecule has 0 N–H and O–H groups in total. The van der Waals surface area contributed by atoms with Crippen molar-refractivity contribution in [3.05, 3.63) is 114 Å². The second kappa shape index (κ2) is 13.4. The quantitative estimate of drug-likeness (QED) is 0.180.